The van der Waals surface area contributed by atoms with Crippen LogP contribution in [0.5, 0.6) is 0 Å². The van der Waals surface area contributed by atoms with Crippen LogP contribution in [0.3, 0.4) is 0 Å². The lowest BCUT2D eigenvalue weighted by Crippen LogP contribution is -2.19. The predicted octanol–water partition coefficient (Wildman–Crippen LogP) is 2.01. The van der Waals surface area contributed by atoms with Gasteiger partial charge in [0.05, 0.1) is 24.5 Å². The smallest absolute Gasteiger partial charge is 0.180 e. The Hall–Kier alpha value is -0.0700. The second-order valence-electron chi connectivity index (χ2n) is 2.87. The first kappa shape index (κ1) is 14.0. The van der Waals surface area contributed by atoms with Crippen LogP contribution in [0.15, 0.2) is 4.34 Å². The van der Waals surface area contributed by atoms with Gasteiger partial charge in [-0.3, -0.25) is 0 Å². The van der Waals surface area contributed by atoms with E-state index < -0.39 is 6.10 Å². The average molecular weight is 293 g/mol. The first-order valence-electron chi connectivity index (χ1n) is 4.42. The summed E-state index contributed by atoms with van der Waals surface area (Å²) in [5.41, 5.74) is 0. The van der Waals surface area contributed by atoms with E-state index in [1.54, 1.807) is 16.4 Å². The molecule has 0 aliphatic rings. The van der Waals surface area contributed by atoms with E-state index in [0.717, 1.165) is 4.34 Å². The van der Waals surface area contributed by atoms with Gasteiger partial charge in [0.1, 0.15) is 0 Å². The van der Waals surface area contributed by atoms with Gasteiger partial charge in [-0.05, 0) is 18.5 Å². The number of hydrogen-bond acceptors (Lipinski definition) is 7. The van der Waals surface area contributed by atoms with E-state index >= 15 is 0 Å². The standard InChI is InChI=1S/C8H11N3OS4/c1-14-5-6(12)4-11-8(13)16-7(10-11)15-3-2-9/h6,12H,3-5H2,1H3. The Balaban J connectivity index is 2.63. The van der Waals surface area contributed by atoms with Gasteiger partial charge < -0.3 is 5.11 Å². The summed E-state index contributed by atoms with van der Waals surface area (Å²) < 4.78 is 3.05. The molecule has 1 aromatic rings. The van der Waals surface area contributed by atoms with Crippen molar-refractivity contribution >= 4 is 47.1 Å². The minimum Gasteiger partial charge on any atom is -0.390 e. The highest BCUT2D eigenvalue weighted by Crippen LogP contribution is 2.21. The Kier molecular flexibility index (Phi) is 6.38. The van der Waals surface area contributed by atoms with Crippen molar-refractivity contribution in [3.63, 3.8) is 0 Å². The van der Waals surface area contributed by atoms with Crippen LogP contribution in [0.4, 0.5) is 0 Å². The number of thioether (sulfide) groups is 2. The van der Waals surface area contributed by atoms with E-state index in [4.69, 9.17) is 17.5 Å². The maximum absolute atomic E-state index is 9.63. The fourth-order valence-corrected chi connectivity index (χ4v) is 3.50. The van der Waals surface area contributed by atoms with Crippen molar-refractivity contribution in [2.45, 2.75) is 17.0 Å². The number of nitrogens with zero attached hydrogens (tertiary/aromatic N) is 3. The Bertz CT molecular complexity index is 422. The number of aliphatic hydroxyl groups excluding tert-OH is 1. The summed E-state index contributed by atoms with van der Waals surface area (Å²) in [5.74, 6) is 1.04. The van der Waals surface area contributed by atoms with Crippen molar-refractivity contribution in [2.75, 3.05) is 17.8 Å². The molecule has 1 rings (SSSR count). The Morgan fingerprint density at radius 1 is 1.75 bits per heavy atom. The molecule has 0 amide bonds. The number of aromatic nitrogens is 2. The van der Waals surface area contributed by atoms with Gasteiger partial charge in [0.15, 0.2) is 8.29 Å². The lowest BCUT2D eigenvalue weighted by atomic mass is 10.4. The van der Waals surface area contributed by atoms with Crippen LogP contribution in [0.1, 0.15) is 0 Å². The molecule has 0 aliphatic carbocycles. The molecular formula is C8H11N3OS4. The van der Waals surface area contributed by atoms with Crippen molar-refractivity contribution in [3.05, 3.63) is 3.95 Å². The quantitative estimate of drug-likeness (QED) is 0.639. The van der Waals surface area contributed by atoms with Crippen molar-refractivity contribution < 1.29 is 5.11 Å². The zero-order valence-electron chi connectivity index (χ0n) is 8.62. The summed E-state index contributed by atoms with van der Waals surface area (Å²) in [7, 11) is 0. The molecule has 8 heteroatoms. The third-order valence-corrected chi connectivity index (χ3v) is 4.62. The minimum atomic E-state index is -0.433. The molecule has 4 nitrogen and oxygen atoms in total. The molecule has 0 aliphatic heterocycles. The summed E-state index contributed by atoms with van der Waals surface area (Å²) in [6.07, 6.45) is 1.51. The monoisotopic (exact) mass is 293 g/mol. The van der Waals surface area contributed by atoms with Crippen LogP contribution in [-0.2, 0) is 6.54 Å². The van der Waals surface area contributed by atoms with Crippen molar-refractivity contribution in [2.24, 2.45) is 0 Å². The molecule has 1 heterocycles. The fraction of sp³-hybridized carbons (Fsp3) is 0.625. The second kappa shape index (κ2) is 7.29. The van der Waals surface area contributed by atoms with E-state index in [1.807, 2.05) is 12.3 Å². The Morgan fingerprint density at radius 3 is 3.12 bits per heavy atom. The molecule has 0 aromatic carbocycles. The molecule has 1 N–H and O–H groups in total. The number of rotatable bonds is 6. The van der Waals surface area contributed by atoms with E-state index in [2.05, 4.69) is 5.10 Å². The fourth-order valence-electron chi connectivity index (χ4n) is 1.000. The number of aliphatic hydroxyl groups is 1. The van der Waals surface area contributed by atoms with Crippen LogP contribution in [0, 0.1) is 15.3 Å². The molecule has 1 unspecified atom stereocenters. The molecule has 0 spiro atoms. The van der Waals surface area contributed by atoms with Gasteiger partial charge in [0.2, 0.25) is 0 Å². The van der Waals surface area contributed by atoms with Crippen LogP contribution in [0.25, 0.3) is 0 Å². The van der Waals surface area contributed by atoms with Crippen LogP contribution < -0.4 is 0 Å². The Morgan fingerprint density at radius 2 is 2.50 bits per heavy atom. The van der Waals surface area contributed by atoms with Crippen molar-refractivity contribution in [3.8, 4) is 6.07 Å². The highest BCUT2D eigenvalue weighted by atomic mass is 32.2. The third-order valence-electron chi connectivity index (χ3n) is 1.59. The van der Waals surface area contributed by atoms with Gasteiger partial charge in [-0.25, -0.2) is 4.68 Å². The largest absolute Gasteiger partial charge is 0.390 e. The molecule has 16 heavy (non-hydrogen) atoms. The van der Waals surface area contributed by atoms with Gasteiger partial charge in [-0.15, -0.1) is 0 Å². The van der Waals surface area contributed by atoms with E-state index in [9.17, 15) is 5.11 Å². The van der Waals surface area contributed by atoms with Crippen LogP contribution >= 0.6 is 47.1 Å². The summed E-state index contributed by atoms with van der Waals surface area (Å²) in [6.45, 7) is 0.420. The molecular weight excluding hydrogens is 282 g/mol. The topological polar surface area (TPSA) is 61.8 Å². The first-order valence-corrected chi connectivity index (χ1v) is 8.02. The molecule has 0 radical (unpaired) electrons. The van der Waals surface area contributed by atoms with Crippen LogP contribution in [-0.4, -0.2) is 38.8 Å². The molecule has 0 bridgehead atoms. The van der Waals surface area contributed by atoms with Gasteiger partial charge in [0, 0.05) is 5.75 Å². The van der Waals surface area contributed by atoms with E-state index in [1.165, 1.54) is 23.1 Å². The third kappa shape index (κ3) is 4.43. The predicted molar refractivity (Wildman–Crippen MR) is 71.7 cm³/mol. The number of nitriles is 1. The van der Waals surface area contributed by atoms with Crippen molar-refractivity contribution in [1.29, 1.82) is 5.26 Å². The molecule has 0 saturated heterocycles. The molecule has 88 valence electrons. The second-order valence-corrected chi connectivity index (χ2v) is 6.63. The number of hydrogen-bond donors (Lipinski definition) is 1. The zero-order valence-corrected chi connectivity index (χ0v) is 11.9. The van der Waals surface area contributed by atoms with Crippen molar-refractivity contribution in [1.82, 2.24) is 9.78 Å². The molecule has 1 aromatic heterocycles. The summed E-state index contributed by atoms with van der Waals surface area (Å²) >= 11 is 9.46. The maximum Gasteiger partial charge on any atom is 0.180 e. The summed E-state index contributed by atoms with van der Waals surface area (Å²) in [4.78, 5) is 0. The SMILES string of the molecule is CSCC(O)Cn1nc(SCC#N)sc1=S. The van der Waals surface area contributed by atoms with E-state index in [-0.39, 0.29) is 0 Å². The first-order chi connectivity index (χ1) is 7.67. The molecule has 0 fully saturated rings. The maximum atomic E-state index is 9.63. The highest BCUT2D eigenvalue weighted by molar-refractivity contribution is 8.01. The Labute approximate surface area is 112 Å². The lowest BCUT2D eigenvalue weighted by molar-refractivity contribution is 0.172. The van der Waals surface area contributed by atoms with Gasteiger partial charge in [-0.1, -0.05) is 23.1 Å². The average Bonchev–Trinajstić information content (AvgIpc) is 2.57. The summed E-state index contributed by atoms with van der Waals surface area (Å²) in [6, 6.07) is 2.04. The zero-order chi connectivity index (χ0) is 12.0. The van der Waals surface area contributed by atoms with Gasteiger partial charge in [-0.2, -0.15) is 22.1 Å². The van der Waals surface area contributed by atoms with Gasteiger partial charge >= 0.3 is 0 Å². The normalized spacial score (nSPS) is 12.3. The van der Waals surface area contributed by atoms with Gasteiger partial charge in [0.25, 0.3) is 0 Å². The molecule has 1 atom stereocenters. The summed E-state index contributed by atoms with van der Waals surface area (Å²) in [5, 5.41) is 22.3. The van der Waals surface area contributed by atoms with Crippen LogP contribution in [0.2, 0.25) is 0 Å². The molecule has 0 saturated carbocycles. The lowest BCUT2D eigenvalue weighted by Gasteiger charge is -2.07. The minimum absolute atomic E-state index is 0.371. The van der Waals surface area contributed by atoms with E-state index in [0.29, 0.717) is 22.0 Å². The highest BCUT2D eigenvalue weighted by Gasteiger charge is 2.09.